The molecule has 0 saturated carbocycles. The highest BCUT2D eigenvalue weighted by Crippen LogP contribution is 2.28. The van der Waals surface area contributed by atoms with E-state index in [4.69, 9.17) is 9.47 Å². The Morgan fingerprint density at radius 3 is 2.88 bits per heavy atom. The zero-order valence-electron chi connectivity index (χ0n) is 9.55. The Bertz CT molecular complexity index is 352. The van der Waals surface area contributed by atoms with Crippen LogP contribution in [0.5, 0.6) is 5.75 Å². The maximum atomic E-state index is 13.7. The lowest BCUT2D eigenvalue weighted by atomic mass is 10.0. The monoisotopic (exact) mass is 225 g/mol. The number of methoxy groups -OCH3 is 1. The number of halogens is 1. The third-order valence-corrected chi connectivity index (χ3v) is 2.76. The number of morpholine rings is 1. The molecule has 4 heteroatoms. The first kappa shape index (κ1) is 11.4. The number of hydrogen-bond acceptors (Lipinski definition) is 3. The van der Waals surface area contributed by atoms with E-state index in [-0.39, 0.29) is 11.9 Å². The van der Waals surface area contributed by atoms with E-state index in [2.05, 4.69) is 5.32 Å². The van der Waals surface area contributed by atoms with Crippen LogP contribution >= 0.6 is 0 Å². The Hall–Kier alpha value is -1.13. The Morgan fingerprint density at radius 2 is 2.31 bits per heavy atom. The zero-order valence-corrected chi connectivity index (χ0v) is 9.55. The summed E-state index contributed by atoms with van der Waals surface area (Å²) >= 11 is 0. The van der Waals surface area contributed by atoms with E-state index in [0.29, 0.717) is 12.4 Å². The van der Waals surface area contributed by atoms with E-state index in [1.165, 1.54) is 13.2 Å². The minimum atomic E-state index is -0.327. The van der Waals surface area contributed by atoms with Crippen molar-refractivity contribution >= 4 is 0 Å². The van der Waals surface area contributed by atoms with Gasteiger partial charge in [0.2, 0.25) is 0 Å². The molecule has 1 saturated heterocycles. The molecule has 1 unspecified atom stereocenters. The van der Waals surface area contributed by atoms with Gasteiger partial charge in [0, 0.05) is 13.1 Å². The average molecular weight is 225 g/mol. The second kappa shape index (κ2) is 4.80. The molecule has 0 aromatic heterocycles. The Morgan fingerprint density at radius 1 is 1.50 bits per heavy atom. The van der Waals surface area contributed by atoms with Crippen LogP contribution in [-0.4, -0.2) is 26.8 Å². The molecule has 16 heavy (non-hydrogen) atoms. The van der Waals surface area contributed by atoms with Crippen molar-refractivity contribution in [1.82, 2.24) is 5.32 Å². The number of hydrogen-bond donors (Lipinski definition) is 1. The largest absolute Gasteiger partial charge is 0.493 e. The van der Waals surface area contributed by atoms with Crippen LogP contribution in [-0.2, 0) is 4.74 Å². The number of rotatable bonds is 2. The van der Waals surface area contributed by atoms with Crippen molar-refractivity contribution in [1.29, 1.82) is 0 Å². The van der Waals surface area contributed by atoms with Gasteiger partial charge in [0.15, 0.2) is 11.6 Å². The van der Waals surface area contributed by atoms with Gasteiger partial charge in [-0.25, -0.2) is 4.39 Å². The second-order valence-corrected chi connectivity index (χ2v) is 3.92. The molecule has 1 fully saturated rings. The molecular formula is C12H16FNO2. The van der Waals surface area contributed by atoms with E-state index < -0.39 is 0 Å². The molecule has 1 aliphatic rings. The van der Waals surface area contributed by atoms with Crippen molar-refractivity contribution in [3.05, 3.63) is 29.1 Å². The van der Waals surface area contributed by atoms with Crippen LogP contribution in [0.25, 0.3) is 0 Å². The normalized spacial score (nSPS) is 20.8. The van der Waals surface area contributed by atoms with Crippen molar-refractivity contribution in [2.45, 2.75) is 13.0 Å². The fourth-order valence-corrected chi connectivity index (χ4v) is 1.98. The molecule has 0 amide bonds. The molecule has 88 valence electrons. The van der Waals surface area contributed by atoms with Gasteiger partial charge in [-0.3, -0.25) is 0 Å². The minimum Gasteiger partial charge on any atom is -0.493 e. The standard InChI is InChI=1S/C12H16FNO2/c1-8-5-9(6-10(13)12(8)15-2)11-7-14-3-4-16-11/h5-6,11,14H,3-4,7H2,1-2H3. The van der Waals surface area contributed by atoms with Crippen molar-refractivity contribution in [2.24, 2.45) is 0 Å². The van der Waals surface area contributed by atoms with E-state index in [1.54, 1.807) is 0 Å². The quantitative estimate of drug-likeness (QED) is 0.832. The van der Waals surface area contributed by atoms with E-state index in [9.17, 15) is 4.39 Å². The molecule has 1 atom stereocenters. The number of benzene rings is 1. The molecule has 2 rings (SSSR count). The van der Waals surface area contributed by atoms with Gasteiger partial charge in [-0.1, -0.05) is 0 Å². The number of aryl methyl sites for hydroxylation is 1. The average Bonchev–Trinajstić information content (AvgIpc) is 2.30. The van der Waals surface area contributed by atoms with Gasteiger partial charge in [0.25, 0.3) is 0 Å². The lowest BCUT2D eigenvalue weighted by Crippen LogP contribution is -2.33. The fraction of sp³-hybridized carbons (Fsp3) is 0.500. The summed E-state index contributed by atoms with van der Waals surface area (Å²) < 4.78 is 24.2. The summed E-state index contributed by atoms with van der Waals surface area (Å²) in [5.74, 6) is -0.0146. The topological polar surface area (TPSA) is 30.5 Å². The summed E-state index contributed by atoms with van der Waals surface area (Å²) in [6, 6.07) is 3.41. The van der Waals surface area contributed by atoms with E-state index in [0.717, 1.165) is 24.2 Å². The smallest absolute Gasteiger partial charge is 0.165 e. The van der Waals surface area contributed by atoms with Crippen molar-refractivity contribution < 1.29 is 13.9 Å². The summed E-state index contributed by atoms with van der Waals surface area (Å²) in [5.41, 5.74) is 1.66. The highest BCUT2D eigenvalue weighted by molar-refractivity contribution is 5.38. The Kier molecular flexibility index (Phi) is 3.41. The van der Waals surface area contributed by atoms with Gasteiger partial charge in [0.1, 0.15) is 0 Å². The molecular weight excluding hydrogens is 209 g/mol. The Balaban J connectivity index is 2.28. The molecule has 0 aliphatic carbocycles. The predicted octanol–water partition coefficient (Wildman–Crippen LogP) is 1.80. The maximum absolute atomic E-state index is 13.7. The highest BCUT2D eigenvalue weighted by Gasteiger charge is 2.18. The lowest BCUT2D eigenvalue weighted by molar-refractivity contribution is 0.0274. The number of nitrogens with one attached hydrogen (secondary N) is 1. The van der Waals surface area contributed by atoms with Crippen LogP contribution in [0, 0.1) is 12.7 Å². The molecule has 1 aromatic carbocycles. The SMILES string of the molecule is COc1c(C)cc(C2CNCCO2)cc1F. The maximum Gasteiger partial charge on any atom is 0.165 e. The van der Waals surface area contributed by atoms with Gasteiger partial charge in [-0.15, -0.1) is 0 Å². The van der Waals surface area contributed by atoms with Gasteiger partial charge in [-0.2, -0.15) is 0 Å². The molecule has 0 radical (unpaired) electrons. The van der Waals surface area contributed by atoms with Gasteiger partial charge in [-0.05, 0) is 30.2 Å². The minimum absolute atomic E-state index is 0.0622. The van der Waals surface area contributed by atoms with Crippen molar-refractivity contribution in [3.63, 3.8) is 0 Å². The molecule has 1 aliphatic heterocycles. The third kappa shape index (κ3) is 2.18. The van der Waals surface area contributed by atoms with Gasteiger partial charge in [0.05, 0.1) is 19.8 Å². The lowest BCUT2D eigenvalue weighted by Gasteiger charge is -2.24. The van der Waals surface area contributed by atoms with Crippen LogP contribution in [0.1, 0.15) is 17.2 Å². The molecule has 1 N–H and O–H groups in total. The van der Waals surface area contributed by atoms with Gasteiger partial charge < -0.3 is 14.8 Å². The summed E-state index contributed by atoms with van der Waals surface area (Å²) in [4.78, 5) is 0. The second-order valence-electron chi connectivity index (χ2n) is 3.92. The van der Waals surface area contributed by atoms with Crippen LogP contribution in [0.2, 0.25) is 0 Å². The Labute approximate surface area is 94.6 Å². The van der Waals surface area contributed by atoms with Crippen molar-refractivity contribution in [3.8, 4) is 5.75 Å². The third-order valence-electron chi connectivity index (χ3n) is 2.76. The van der Waals surface area contributed by atoms with Gasteiger partial charge >= 0.3 is 0 Å². The number of ether oxygens (including phenoxy) is 2. The summed E-state index contributed by atoms with van der Waals surface area (Å²) in [6.45, 7) is 4.08. The summed E-state index contributed by atoms with van der Waals surface area (Å²) in [6.07, 6.45) is -0.0622. The predicted molar refractivity (Wildman–Crippen MR) is 59.3 cm³/mol. The molecule has 1 aromatic rings. The molecule has 3 nitrogen and oxygen atoms in total. The highest BCUT2D eigenvalue weighted by atomic mass is 19.1. The zero-order chi connectivity index (χ0) is 11.5. The summed E-state index contributed by atoms with van der Waals surface area (Å²) in [5, 5.41) is 3.22. The van der Waals surface area contributed by atoms with Crippen LogP contribution < -0.4 is 10.1 Å². The fourth-order valence-electron chi connectivity index (χ4n) is 1.98. The molecule has 0 bridgehead atoms. The van der Waals surface area contributed by atoms with Crippen LogP contribution in [0.4, 0.5) is 4.39 Å². The van der Waals surface area contributed by atoms with Crippen molar-refractivity contribution in [2.75, 3.05) is 26.8 Å². The van der Waals surface area contributed by atoms with Crippen LogP contribution in [0.15, 0.2) is 12.1 Å². The first-order valence-electron chi connectivity index (χ1n) is 5.38. The first-order valence-corrected chi connectivity index (χ1v) is 5.38. The first-order chi connectivity index (χ1) is 7.72. The van der Waals surface area contributed by atoms with E-state index in [1.807, 2.05) is 13.0 Å². The summed E-state index contributed by atoms with van der Waals surface area (Å²) in [7, 11) is 1.48. The molecule has 0 spiro atoms. The molecule has 1 heterocycles. The van der Waals surface area contributed by atoms with E-state index >= 15 is 0 Å². The van der Waals surface area contributed by atoms with Crippen LogP contribution in [0.3, 0.4) is 0 Å².